The van der Waals surface area contributed by atoms with Crippen LogP contribution in [0.1, 0.15) is 47.0 Å². The number of ether oxygens (including phenoxy) is 1. The third-order valence-electron chi connectivity index (χ3n) is 2.25. The number of unbranched alkanes of at least 4 members (excludes halogenated alkanes) is 2. The molecule has 6 heteroatoms. The largest absolute Gasteiger partial charge is 0.444 e. The number of rotatable bonds is 9. The lowest BCUT2D eigenvalue weighted by Crippen LogP contribution is -2.34. The van der Waals surface area contributed by atoms with Gasteiger partial charge in [-0.3, -0.25) is 4.79 Å². The number of carbonyl (C=O) groups is 2. The Bertz CT molecular complexity index is 291. The van der Waals surface area contributed by atoms with Gasteiger partial charge < -0.3 is 15.4 Å². The van der Waals surface area contributed by atoms with E-state index in [0.29, 0.717) is 18.1 Å². The van der Waals surface area contributed by atoms with E-state index in [9.17, 15) is 9.59 Å². The number of carbonyl (C=O) groups excluding carboxylic acids is 2. The Morgan fingerprint density at radius 2 is 1.80 bits per heavy atom. The topological polar surface area (TPSA) is 67.4 Å². The molecule has 0 rings (SSSR count). The highest BCUT2D eigenvalue weighted by atomic mass is 32.2. The van der Waals surface area contributed by atoms with Crippen LogP contribution in [0.2, 0.25) is 0 Å². The first-order valence-electron chi connectivity index (χ1n) is 7.16. The quantitative estimate of drug-likeness (QED) is 0.642. The molecular formula is C14H28N2O3S. The molecule has 0 saturated heterocycles. The fourth-order valence-electron chi connectivity index (χ4n) is 1.36. The predicted octanol–water partition coefficient (Wildman–Crippen LogP) is 2.55. The van der Waals surface area contributed by atoms with Gasteiger partial charge in [-0.1, -0.05) is 19.8 Å². The Labute approximate surface area is 126 Å². The van der Waals surface area contributed by atoms with Crippen molar-refractivity contribution < 1.29 is 14.3 Å². The summed E-state index contributed by atoms with van der Waals surface area (Å²) in [6.45, 7) is 8.86. The molecule has 118 valence electrons. The van der Waals surface area contributed by atoms with Gasteiger partial charge in [-0.25, -0.2) is 4.79 Å². The van der Waals surface area contributed by atoms with Crippen LogP contribution < -0.4 is 10.6 Å². The molecular weight excluding hydrogens is 276 g/mol. The van der Waals surface area contributed by atoms with Crippen molar-refractivity contribution in [3.05, 3.63) is 0 Å². The van der Waals surface area contributed by atoms with Gasteiger partial charge in [0.1, 0.15) is 5.60 Å². The van der Waals surface area contributed by atoms with E-state index in [1.165, 1.54) is 11.8 Å². The van der Waals surface area contributed by atoms with Crippen molar-refractivity contribution in [1.29, 1.82) is 0 Å². The van der Waals surface area contributed by atoms with Crippen molar-refractivity contribution >= 4 is 23.8 Å². The normalized spacial score (nSPS) is 11.0. The van der Waals surface area contributed by atoms with Crippen LogP contribution in [0, 0.1) is 0 Å². The van der Waals surface area contributed by atoms with E-state index >= 15 is 0 Å². The van der Waals surface area contributed by atoms with Gasteiger partial charge in [0.25, 0.3) is 0 Å². The first-order chi connectivity index (χ1) is 9.35. The first-order valence-corrected chi connectivity index (χ1v) is 8.32. The van der Waals surface area contributed by atoms with Crippen LogP contribution in [0.5, 0.6) is 0 Å². The molecule has 0 spiro atoms. The van der Waals surface area contributed by atoms with Crippen LogP contribution >= 0.6 is 11.8 Å². The van der Waals surface area contributed by atoms with Crippen LogP contribution in [0.25, 0.3) is 0 Å². The number of alkyl carbamates (subject to hydrolysis) is 1. The van der Waals surface area contributed by atoms with Gasteiger partial charge in [0.15, 0.2) is 0 Å². The van der Waals surface area contributed by atoms with Crippen LogP contribution in [0.3, 0.4) is 0 Å². The second-order valence-electron chi connectivity index (χ2n) is 5.54. The highest BCUT2D eigenvalue weighted by Crippen LogP contribution is 2.06. The van der Waals surface area contributed by atoms with E-state index < -0.39 is 11.7 Å². The molecule has 0 unspecified atom stereocenters. The third-order valence-corrected chi connectivity index (χ3v) is 3.21. The minimum Gasteiger partial charge on any atom is -0.444 e. The van der Waals surface area contributed by atoms with E-state index in [4.69, 9.17) is 4.74 Å². The summed E-state index contributed by atoms with van der Waals surface area (Å²) in [5.74, 6) is 1.19. The van der Waals surface area contributed by atoms with Crippen molar-refractivity contribution in [1.82, 2.24) is 10.6 Å². The number of nitrogens with one attached hydrogen (secondary N) is 2. The maximum atomic E-state index is 11.4. The van der Waals surface area contributed by atoms with Crippen molar-refractivity contribution in [2.24, 2.45) is 0 Å². The molecule has 0 aliphatic carbocycles. The van der Waals surface area contributed by atoms with Crippen LogP contribution in [0.4, 0.5) is 4.79 Å². The predicted molar refractivity (Wildman–Crippen MR) is 84.1 cm³/mol. The molecule has 2 N–H and O–H groups in total. The zero-order valence-electron chi connectivity index (χ0n) is 13.1. The Morgan fingerprint density at radius 1 is 1.10 bits per heavy atom. The average Bonchev–Trinajstić information content (AvgIpc) is 2.32. The SMILES string of the molecule is CCCCCNC(=O)CSCCNC(=O)OC(C)(C)C. The summed E-state index contributed by atoms with van der Waals surface area (Å²) in [6, 6.07) is 0. The second kappa shape index (κ2) is 10.8. The summed E-state index contributed by atoms with van der Waals surface area (Å²) >= 11 is 1.50. The summed E-state index contributed by atoms with van der Waals surface area (Å²) in [5.41, 5.74) is -0.477. The maximum Gasteiger partial charge on any atom is 0.407 e. The molecule has 20 heavy (non-hydrogen) atoms. The van der Waals surface area contributed by atoms with Gasteiger partial charge in [0.05, 0.1) is 5.75 Å². The fraction of sp³-hybridized carbons (Fsp3) is 0.857. The third kappa shape index (κ3) is 13.5. The Balaban J connectivity index is 3.43. The van der Waals surface area contributed by atoms with E-state index in [1.54, 1.807) is 0 Å². The number of hydrogen-bond acceptors (Lipinski definition) is 4. The highest BCUT2D eigenvalue weighted by molar-refractivity contribution is 7.99. The highest BCUT2D eigenvalue weighted by Gasteiger charge is 2.15. The van der Waals surface area contributed by atoms with Gasteiger partial charge in [-0.15, -0.1) is 0 Å². The summed E-state index contributed by atoms with van der Waals surface area (Å²) in [6.07, 6.45) is 2.92. The zero-order chi connectivity index (χ0) is 15.4. The molecule has 0 heterocycles. The van der Waals surface area contributed by atoms with Gasteiger partial charge in [0, 0.05) is 18.8 Å². The lowest BCUT2D eigenvalue weighted by atomic mass is 10.2. The number of hydrogen-bond donors (Lipinski definition) is 2. The van der Waals surface area contributed by atoms with Crippen molar-refractivity contribution in [3.8, 4) is 0 Å². The maximum absolute atomic E-state index is 11.4. The fourth-order valence-corrected chi connectivity index (χ4v) is 2.04. The molecule has 0 aliphatic heterocycles. The molecule has 0 aliphatic rings. The van der Waals surface area contributed by atoms with Crippen LogP contribution in [-0.4, -0.2) is 42.2 Å². The van der Waals surface area contributed by atoms with E-state index in [1.807, 2.05) is 20.8 Å². The standard InChI is InChI=1S/C14H28N2O3S/c1-5-6-7-8-15-12(17)11-20-10-9-16-13(18)19-14(2,3)4/h5-11H2,1-4H3,(H,15,17)(H,16,18). The van der Waals surface area contributed by atoms with E-state index in [0.717, 1.165) is 25.8 Å². The van der Waals surface area contributed by atoms with Crippen LogP contribution in [-0.2, 0) is 9.53 Å². The summed E-state index contributed by atoms with van der Waals surface area (Å²) in [4.78, 5) is 22.8. The Hall–Kier alpha value is -0.910. The lowest BCUT2D eigenvalue weighted by molar-refractivity contribution is -0.118. The molecule has 0 radical (unpaired) electrons. The van der Waals surface area contributed by atoms with Crippen LogP contribution in [0.15, 0.2) is 0 Å². The monoisotopic (exact) mass is 304 g/mol. The minimum atomic E-state index is -0.477. The summed E-state index contributed by atoms with van der Waals surface area (Å²) in [7, 11) is 0. The van der Waals surface area contributed by atoms with Gasteiger partial charge >= 0.3 is 6.09 Å². The molecule has 0 aromatic heterocycles. The second-order valence-corrected chi connectivity index (χ2v) is 6.64. The summed E-state index contributed by atoms with van der Waals surface area (Å²) < 4.78 is 5.10. The zero-order valence-corrected chi connectivity index (χ0v) is 13.9. The molecule has 0 aromatic carbocycles. The Morgan fingerprint density at radius 3 is 2.40 bits per heavy atom. The molecule has 5 nitrogen and oxygen atoms in total. The molecule has 0 aromatic rings. The van der Waals surface area contributed by atoms with Gasteiger partial charge in [-0.05, 0) is 27.2 Å². The first kappa shape index (κ1) is 19.1. The molecule has 0 bridgehead atoms. The van der Waals surface area contributed by atoms with Crippen molar-refractivity contribution in [2.45, 2.75) is 52.6 Å². The van der Waals surface area contributed by atoms with E-state index in [-0.39, 0.29) is 5.91 Å². The smallest absolute Gasteiger partial charge is 0.407 e. The minimum absolute atomic E-state index is 0.0587. The molecule has 0 atom stereocenters. The summed E-state index contributed by atoms with van der Waals surface area (Å²) in [5, 5.41) is 5.54. The molecule has 0 fully saturated rings. The van der Waals surface area contributed by atoms with Gasteiger partial charge in [-0.2, -0.15) is 11.8 Å². The molecule has 2 amide bonds. The molecule has 0 saturated carbocycles. The van der Waals surface area contributed by atoms with Crippen molar-refractivity contribution in [2.75, 3.05) is 24.6 Å². The van der Waals surface area contributed by atoms with E-state index in [2.05, 4.69) is 17.6 Å². The number of amides is 2. The van der Waals surface area contributed by atoms with Crippen molar-refractivity contribution in [3.63, 3.8) is 0 Å². The average molecular weight is 304 g/mol. The lowest BCUT2D eigenvalue weighted by Gasteiger charge is -2.19. The van der Waals surface area contributed by atoms with Gasteiger partial charge in [0.2, 0.25) is 5.91 Å². The number of thioether (sulfide) groups is 1. The Kier molecular flexibility index (Phi) is 10.3.